The number of carbonyl (C=O) groups excluding carboxylic acids is 1. The van der Waals surface area contributed by atoms with E-state index in [2.05, 4.69) is 31.5 Å². The highest BCUT2D eigenvalue weighted by Crippen LogP contribution is 2.26. The smallest absolute Gasteiger partial charge is 0.238 e. The van der Waals surface area contributed by atoms with Crippen LogP contribution in [0.4, 0.5) is 5.69 Å². The van der Waals surface area contributed by atoms with Crippen molar-refractivity contribution in [2.24, 2.45) is 11.8 Å². The molecule has 3 rings (SSSR count). The molecule has 0 bridgehead atoms. The minimum atomic E-state index is 0.0830. The van der Waals surface area contributed by atoms with Crippen molar-refractivity contribution in [2.75, 3.05) is 38.0 Å². The van der Waals surface area contributed by atoms with E-state index < -0.39 is 0 Å². The Kier molecular flexibility index (Phi) is 4.10. The van der Waals surface area contributed by atoms with Gasteiger partial charge in [-0.05, 0) is 55.6 Å². The summed E-state index contributed by atoms with van der Waals surface area (Å²) < 4.78 is 1.07. The molecule has 2 aliphatic rings. The zero-order chi connectivity index (χ0) is 14.1. The topological polar surface area (TPSA) is 44.4 Å². The molecular formula is C15H20BrN3O. The van der Waals surface area contributed by atoms with E-state index in [9.17, 15) is 4.79 Å². The van der Waals surface area contributed by atoms with Gasteiger partial charge in [0, 0.05) is 23.2 Å². The van der Waals surface area contributed by atoms with Gasteiger partial charge >= 0.3 is 0 Å². The predicted octanol–water partition coefficient (Wildman–Crippen LogP) is 1.85. The molecule has 2 saturated heterocycles. The lowest BCUT2D eigenvalue weighted by atomic mass is 10.0. The van der Waals surface area contributed by atoms with Gasteiger partial charge in [0.2, 0.25) is 5.91 Å². The van der Waals surface area contributed by atoms with Crippen LogP contribution >= 0.6 is 15.9 Å². The van der Waals surface area contributed by atoms with Gasteiger partial charge in [-0.25, -0.2) is 0 Å². The Morgan fingerprint density at radius 1 is 1.40 bits per heavy atom. The second-order valence-electron chi connectivity index (χ2n) is 5.88. The Labute approximate surface area is 128 Å². The van der Waals surface area contributed by atoms with Crippen LogP contribution in [0, 0.1) is 18.8 Å². The molecule has 1 amide bonds. The van der Waals surface area contributed by atoms with Gasteiger partial charge in [-0.2, -0.15) is 0 Å². The molecule has 1 aromatic carbocycles. The van der Waals surface area contributed by atoms with Crippen LogP contribution in [-0.4, -0.2) is 43.5 Å². The van der Waals surface area contributed by atoms with Crippen molar-refractivity contribution in [2.45, 2.75) is 6.92 Å². The van der Waals surface area contributed by atoms with Crippen molar-refractivity contribution in [3.63, 3.8) is 0 Å². The van der Waals surface area contributed by atoms with Crippen molar-refractivity contribution < 1.29 is 4.79 Å². The summed E-state index contributed by atoms with van der Waals surface area (Å²) in [4.78, 5) is 14.4. The van der Waals surface area contributed by atoms with Gasteiger partial charge in [-0.1, -0.05) is 15.9 Å². The van der Waals surface area contributed by atoms with Crippen LogP contribution in [0.5, 0.6) is 0 Å². The first kappa shape index (κ1) is 14.0. The van der Waals surface area contributed by atoms with Crippen LogP contribution in [0.15, 0.2) is 22.7 Å². The largest absolute Gasteiger partial charge is 0.325 e. The highest BCUT2D eigenvalue weighted by molar-refractivity contribution is 9.10. The zero-order valence-corrected chi connectivity index (χ0v) is 13.2. The van der Waals surface area contributed by atoms with E-state index >= 15 is 0 Å². The number of nitrogens with zero attached hydrogens (tertiary/aromatic N) is 1. The van der Waals surface area contributed by atoms with Gasteiger partial charge in [0.25, 0.3) is 0 Å². The molecule has 20 heavy (non-hydrogen) atoms. The number of anilines is 1. The highest BCUT2D eigenvalue weighted by Gasteiger charge is 2.36. The van der Waals surface area contributed by atoms with Crippen LogP contribution < -0.4 is 10.6 Å². The third kappa shape index (κ3) is 3.05. The predicted molar refractivity (Wildman–Crippen MR) is 83.8 cm³/mol. The van der Waals surface area contributed by atoms with Crippen LogP contribution in [0.3, 0.4) is 0 Å². The van der Waals surface area contributed by atoms with Gasteiger partial charge in [-0.15, -0.1) is 0 Å². The highest BCUT2D eigenvalue weighted by atomic mass is 79.9. The second-order valence-corrected chi connectivity index (χ2v) is 6.74. The molecule has 108 valence electrons. The van der Waals surface area contributed by atoms with Gasteiger partial charge in [0.05, 0.1) is 6.54 Å². The normalized spacial score (nSPS) is 25.7. The van der Waals surface area contributed by atoms with Crippen LogP contribution in [0.2, 0.25) is 0 Å². The maximum Gasteiger partial charge on any atom is 0.238 e. The molecule has 0 spiro atoms. The standard InChI is InChI=1S/C15H20BrN3O/c1-10-4-13(2-3-14(10)16)18-15(20)9-19-7-11-5-17-6-12(11)8-19/h2-4,11-12,17H,5-9H2,1H3,(H,18,20)/t11-,12+. The van der Waals surface area contributed by atoms with Crippen LogP contribution in [-0.2, 0) is 4.79 Å². The van der Waals surface area contributed by atoms with Crippen molar-refractivity contribution in [3.05, 3.63) is 28.2 Å². The number of benzene rings is 1. The molecule has 2 atom stereocenters. The summed E-state index contributed by atoms with van der Waals surface area (Å²) in [5, 5.41) is 6.40. The third-order valence-electron chi connectivity index (χ3n) is 4.27. The minimum Gasteiger partial charge on any atom is -0.325 e. The minimum absolute atomic E-state index is 0.0830. The van der Waals surface area contributed by atoms with Crippen molar-refractivity contribution in [3.8, 4) is 0 Å². The number of amides is 1. The number of rotatable bonds is 3. The number of hydrogen-bond donors (Lipinski definition) is 2. The Morgan fingerprint density at radius 2 is 2.10 bits per heavy atom. The Balaban J connectivity index is 1.53. The first-order valence-electron chi connectivity index (χ1n) is 7.11. The van der Waals surface area contributed by atoms with E-state index in [1.807, 2.05) is 25.1 Å². The number of nitrogens with one attached hydrogen (secondary N) is 2. The second kappa shape index (κ2) is 5.84. The molecule has 0 aromatic heterocycles. The summed E-state index contributed by atoms with van der Waals surface area (Å²) in [6, 6.07) is 5.89. The number of likely N-dealkylation sites (tertiary alicyclic amines) is 1. The molecule has 0 saturated carbocycles. The number of hydrogen-bond acceptors (Lipinski definition) is 3. The Hall–Kier alpha value is -0.910. The van der Waals surface area contributed by atoms with E-state index in [-0.39, 0.29) is 5.91 Å². The summed E-state index contributed by atoms with van der Waals surface area (Å²) in [6.07, 6.45) is 0. The molecule has 2 fully saturated rings. The summed E-state index contributed by atoms with van der Waals surface area (Å²) in [7, 11) is 0. The molecule has 0 radical (unpaired) electrons. The fourth-order valence-electron chi connectivity index (χ4n) is 3.21. The molecule has 2 heterocycles. The van der Waals surface area contributed by atoms with Crippen LogP contribution in [0.1, 0.15) is 5.56 Å². The van der Waals surface area contributed by atoms with Crippen molar-refractivity contribution >= 4 is 27.5 Å². The van der Waals surface area contributed by atoms with Crippen molar-refractivity contribution in [1.29, 1.82) is 0 Å². The number of carbonyl (C=O) groups is 1. The molecule has 0 unspecified atom stereocenters. The summed E-state index contributed by atoms with van der Waals surface area (Å²) in [5.41, 5.74) is 2.00. The van der Waals surface area contributed by atoms with E-state index in [0.29, 0.717) is 6.54 Å². The molecular weight excluding hydrogens is 318 g/mol. The van der Waals surface area contributed by atoms with E-state index in [4.69, 9.17) is 0 Å². The van der Waals surface area contributed by atoms with E-state index in [1.54, 1.807) is 0 Å². The Bertz CT molecular complexity index is 508. The fourth-order valence-corrected chi connectivity index (χ4v) is 3.45. The molecule has 0 aliphatic carbocycles. The SMILES string of the molecule is Cc1cc(NC(=O)CN2C[C@H]3CNC[C@H]3C2)ccc1Br. The van der Waals surface area contributed by atoms with E-state index in [0.717, 1.165) is 53.7 Å². The lowest BCUT2D eigenvalue weighted by Gasteiger charge is -2.16. The van der Waals surface area contributed by atoms with Gasteiger partial charge in [0.1, 0.15) is 0 Å². The van der Waals surface area contributed by atoms with Crippen molar-refractivity contribution in [1.82, 2.24) is 10.2 Å². The fraction of sp³-hybridized carbons (Fsp3) is 0.533. The molecule has 4 nitrogen and oxygen atoms in total. The first-order chi connectivity index (χ1) is 9.61. The maximum absolute atomic E-state index is 12.1. The molecule has 2 aliphatic heterocycles. The number of aryl methyl sites for hydroxylation is 1. The summed E-state index contributed by atoms with van der Waals surface area (Å²) in [5.74, 6) is 1.55. The average molecular weight is 338 g/mol. The lowest BCUT2D eigenvalue weighted by Crippen LogP contribution is -2.33. The van der Waals surface area contributed by atoms with Gasteiger partial charge in [-0.3, -0.25) is 9.69 Å². The van der Waals surface area contributed by atoms with Gasteiger partial charge in [0.15, 0.2) is 0 Å². The molecule has 2 N–H and O–H groups in total. The van der Waals surface area contributed by atoms with Gasteiger partial charge < -0.3 is 10.6 Å². The molecule has 5 heteroatoms. The zero-order valence-electron chi connectivity index (χ0n) is 11.7. The van der Waals surface area contributed by atoms with Crippen LogP contribution in [0.25, 0.3) is 0 Å². The third-order valence-corrected chi connectivity index (χ3v) is 5.16. The van der Waals surface area contributed by atoms with E-state index in [1.165, 1.54) is 0 Å². The monoisotopic (exact) mass is 337 g/mol. The maximum atomic E-state index is 12.1. The Morgan fingerprint density at radius 3 is 2.75 bits per heavy atom. The average Bonchev–Trinajstić information content (AvgIpc) is 2.94. The summed E-state index contributed by atoms with van der Waals surface area (Å²) in [6.45, 7) is 6.83. The number of fused-ring (bicyclic) bond motifs is 1. The molecule has 1 aromatic rings. The first-order valence-corrected chi connectivity index (χ1v) is 7.90. The number of halogens is 1. The summed E-state index contributed by atoms with van der Waals surface area (Å²) >= 11 is 3.47. The lowest BCUT2D eigenvalue weighted by molar-refractivity contribution is -0.117. The quantitative estimate of drug-likeness (QED) is 0.884.